The molecule has 0 spiro atoms. The van der Waals surface area contributed by atoms with E-state index < -0.39 is 0 Å². The van der Waals surface area contributed by atoms with Crippen LogP contribution in [-0.2, 0) is 9.53 Å². The Morgan fingerprint density at radius 1 is 1.00 bits per heavy atom. The summed E-state index contributed by atoms with van der Waals surface area (Å²) >= 11 is 7.57. The number of piperidine rings is 1. The Morgan fingerprint density at radius 3 is 2.47 bits per heavy atom. The number of halogens is 1. The number of morpholine rings is 1. The summed E-state index contributed by atoms with van der Waals surface area (Å²) in [4.78, 5) is 35.8. The number of aromatic nitrogens is 1. The van der Waals surface area contributed by atoms with Crippen molar-refractivity contribution in [2.45, 2.75) is 12.8 Å². The number of pyridine rings is 1. The molecule has 0 radical (unpaired) electrons. The Hall–Kier alpha value is -2.48. The SMILES string of the molecule is O=C(c1cc(-c2ccc(Cl)s2)nc2ccccc12)N1CCC(C(=O)N2CCOCC2)CC1. The van der Waals surface area contributed by atoms with Gasteiger partial charge in [0, 0.05) is 37.5 Å². The Morgan fingerprint density at radius 2 is 1.75 bits per heavy atom. The number of ether oxygens (including phenoxy) is 1. The molecule has 5 rings (SSSR count). The van der Waals surface area contributed by atoms with E-state index in [1.165, 1.54) is 11.3 Å². The molecule has 8 heteroatoms. The third-order valence-electron chi connectivity index (χ3n) is 6.23. The van der Waals surface area contributed by atoms with Crippen LogP contribution in [0.3, 0.4) is 0 Å². The van der Waals surface area contributed by atoms with Crippen LogP contribution in [0.4, 0.5) is 0 Å². The summed E-state index contributed by atoms with van der Waals surface area (Å²) in [5.41, 5.74) is 2.18. The van der Waals surface area contributed by atoms with Crippen molar-refractivity contribution in [3.05, 3.63) is 52.4 Å². The number of fused-ring (bicyclic) bond motifs is 1. The van der Waals surface area contributed by atoms with Crippen molar-refractivity contribution in [3.8, 4) is 10.6 Å². The normalized spacial score (nSPS) is 17.7. The number of nitrogens with zero attached hydrogens (tertiary/aromatic N) is 3. The Labute approximate surface area is 195 Å². The molecule has 2 aromatic heterocycles. The molecule has 0 bridgehead atoms. The molecule has 0 aliphatic carbocycles. The van der Waals surface area contributed by atoms with Gasteiger partial charge in [-0.2, -0.15) is 0 Å². The maximum absolute atomic E-state index is 13.5. The first-order chi connectivity index (χ1) is 15.6. The summed E-state index contributed by atoms with van der Waals surface area (Å²) in [6, 6.07) is 13.4. The van der Waals surface area contributed by atoms with Crippen LogP contribution in [0.15, 0.2) is 42.5 Å². The average Bonchev–Trinajstić information content (AvgIpc) is 3.29. The van der Waals surface area contributed by atoms with Crippen molar-refractivity contribution in [2.24, 2.45) is 5.92 Å². The molecule has 1 aromatic carbocycles. The van der Waals surface area contributed by atoms with Crippen molar-refractivity contribution in [3.63, 3.8) is 0 Å². The lowest BCUT2D eigenvalue weighted by Gasteiger charge is -2.35. The van der Waals surface area contributed by atoms with E-state index >= 15 is 0 Å². The molecule has 0 atom stereocenters. The van der Waals surface area contributed by atoms with Crippen LogP contribution in [0.5, 0.6) is 0 Å². The molecule has 32 heavy (non-hydrogen) atoms. The molecule has 0 saturated carbocycles. The van der Waals surface area contributed by atoms with Gasteiger partial charge in [0.2, 0.25) is 5.91 Å². The van der Waals surface area contributed by atoms with Crippen LogP contribution in [-0.4, -0.2) is 66.0 Å². The van der Waals surface area contributed by atoms with Crippen LogP contribution < -0.4 is 0 Å². The molecule has 2 amide bonds. The second kappa shape index (κ2) is 9.17. The topological polar surface area (TPSA) is 62.7 Å². The van der Waals surface area contributed by atoms with Gasteiger partial charge in [0.25, 0.3) is 5.91 Å². The van der Waals surface area contributed by atoms with E-state index in [1.807, 2.05) is 52.3 Å². The lowest BCUT2D eigenvalue weighted by Crippen LogP contribution is -2.47. The highest BCUT2D eigenvalue weighted by Crippen LogP contribution is 2.33. The van der Waals surface area contributed by atoms with E-state index in [9.17, 15) is 9.59 Å². The van der Waals surface area contributed by atoms with Crippen molar-refractivity contribution in [1.29, 1.82) is 0 Å². The fraction of sp³-hybridized carbons (Fsp3) is 0.375. The minimum absolute atomic E-state index is 0.00947. The largest absolute Gasteiger partial charge is 0.378 e. The molecule has 3 aromatic rings. The summed E-state index contributed by atoms with van der Waals surface area (Å²) < 4.78 is 6.04. The maximum atomic E-state index is 13.5. The van der Waals surface area contributed by atoms with Crippen LogP contribution in [0.2, 0.25) is 4.34 Å². The second-order valence-corrected chi connectivity index (χ2v) is 9.90. The van der Waals surface area contributed by atoms with Gasteiger partial charge in [0.05, 0.1) is 39.2 Å². The van der Waals surface area contributed by atoms with Crippen molar-refractivity contribution < 1.29 is 14.3 Å². The van der Waals surface area contributed by atoms with Gasteiger partial charge in [0.1, 0.15) is 0 Å². The minimum atomic E-state index is -0.0184. The Kier molecular flexibility index (Phi) is 6.13. The molecule has 2 aliphatic heterocycles. The number of hydrogen-bond donors (Lipinski definition) is 0. The highest BCUT2D eigenvalue weighted by molar-refractivity contribution is 7.19. The lowest BCUT2D eigenvalue weighted by molar-refractivity contribution is -0.141. The molecule has 6 nitrogen and oxygen atoms in total. The van der Waals surface area contributed by atoms with Crippen LogP contribution >= 0.6 is 22.9 Å². The van der Waals surface area contributed by atoms with Gasteiger partial charge >= 0.3 is 0 Å². The van der Waals surface area contributed by atoms with E-state index in [4.69, 9.17) is 21.3 Å². The summed E-state index contributed by atoms with van der Waals surface area (Å²) in [6.07, 6.45) is 1.39. The number of benzene rings is 1. The monoisotopic (exact) mass is 469 g/mol. The summed E-state index contributed by atoms with van der Waals surface area (Å²) in [5, 5.41) is 0.843. The van der Waals surface area contributed by atoms with Gasteiger partial charge in [-0.1, -0.05) is 29.8 Å². The predicted octanol–water partition coefficient (Wildman–Crippen LogP) is 4.33. The number of amides is 2. The number of carbonyl (C=O) groups excluding carboxylic acids is 2. The number of hydrogen-bond acceptors (Lipinski definition) is 5. The van der Waals surface area contributed by atoms with Gasteiger partial charge in [-0.15, -0.1) is 11.3 Å². The smallest absolute Gasteiger partial charge is 0.254 e. The fourth-order valence-corrected chi connectivity index (χ4v) is 5.48. The Balaban J connectivity index is 1.36. The molecule has 2 aliphatic rings. The van der Waals surface area contributed by atoms with Crippen LogP contribution in [0, 0.1) is 5.92 Å². The first-order valence-electron chi connectivity index (χ1n) is 10.9. The highest BCUT2D eigenvalue weighted by atomic mass is 35.5. The summed E-state index contributed by atoms with van der Waals surface area (Å²) in [7, 11) is 0. The third-order valence-corrected chi connectivity index (χ3v) is 7.48. The van der Waals surface area contributed by atoms with Gasteiger partial charge in [0.15, 0.2) is 0 Å². The lowest BCUT2D eigenvalue weighted by atomic mass is 9.94. The molecular weight excluding hydrogens is 446 g/mol. The van der Waals surface area contributed by atoms with Gasteiger partial charge in [-0.05, 0) is 37.1 Å². The van der Waals surface area contributed by atoms with E-state index in [2.05, 4.69) is 0 Å². The highest BCUT2D eigenvalue weighted by Gasteiger charge is 2.31. The maximum Gasteiger partial charge on any atom is 0.254 e. The summed E-state index contributed by atoms with van der Waals surface area (Å²) in [6.45, 7) is 3.70. The van der Waals surface area contributed by atoms with Gasteiger partial charge in [-0.3, -0.25) is 9.59 Å². The second-order valence-electron chi connectivity index (χ2n) is 8.18. The molecule has 2 saturated heterocycles. The van der Waals surface area contributed by atoms with Gasteiger partial charge in [-0.25, -0.2) is 4.98 Å². The van der Waals surface area contributed by atoms with E-state index in [-0.39, 0.29) is 17.7 Å². The fourth-order valence-electron chi connectivity index (χ4n) is 4.47. The Bertz CT molecular complexity index is 1150. The zero-order valence-electron chi connectivity index (χ0n) is 17.6. The van der Waals surface area contributed by atoms with E-state index in [0.29, 0.717) is 62.1 Å². The number of likely N-dealkylation sites (tertiary alicyclic amines) is 1. The van der Waals surface area contributed by atoms with Gasteiger partial charge < -0.3 is 14.5 Å². The molecule has 2 fully saturated rings. The quantitative estimate of drug-likeness (QED) is 0.572. The zero-order chi connectivity index (χ0) is 22.1. The molecule has 0 N–H and O–H groups in total. The van der Waals surface area contributed by atoms with Crippen molar-refractivity contribution in [1.82, 2.24) is 14.8 Å². The first-order valence-corrected chi connectivity index (χ1v) is 12.1. The number of para-hydroxylation sites is 1. The first kappa shape index (κ1) is 21.4. The van der Waals surface area contributed by atoms with Crippen molar-refractivity contribution in [2.75, 3.05) is 39.4 Å². The number of carbonyl (C=O) groups is 2. The summed E-state index contributed by atoms with van der Waals surface area (Å²) in [5.74, 6) is 0.173. The van der Waals surface area contributed by atoms with E-state index in [0.717, 1.165) is 21.5 Å². The van der Waals surface area contributed by atoms with Crippen molar-refractivity contribution >= 4 is 45.7 Å². The molecular formula is C24H24ClN3O3S. The molecule has 0 unspecified atom stereocenters. The zero-order valence-corrected chi connectivity index (χ0v) is 19.2. The third kappa shape index (κ3) is 4.25. The average molecular weight is 470 g/mol. The number of thiophene rings is 1. The van der Waals surface area contributed by atoms with Crippen LogP contribution in [0.25, 0.3) is 21.5 Å². The van der Waals surface area contributed by atoms with Crippen LogP contribution in [0.1, 0.15) is 23.2 Å². The minimum Gasteiger partial charge on any atom is -0.378 e. The standard InChI is InChI=1S/C24H24ClN3O3S/c25-22-6-5-21(32-22)20-15-18(17-3-1-2-4-19(17)26-20)24(30)27-9-7-16(8-10-27)23(29)28-11-13-31-14-12-28/h1-6,15-16H,7-14H2. The molecule has 166 valence electrons. The number of rotatable bonds is 3. The molecule has 4 heterocycles. The van der Waals surface area contributed by atoms with E-state index in [1.54, 1.807) is 0 Å². The predicted molar refractivity (Wildman–Crippen MR) is 126 cm³/mol.